The Kier molecular flexibility index (Phi) is 7.75. The predicted molar refractivity (Wildman–Crippen MR) is 53.8 cm³/mol. The largest absolute Gasteiger partial charge is 0.328 e. The first kappa shape index (κ1) is 14.0. The standard InChI is InChI=1S/C7H16N2.2ClH/c1-6-5-7(8)3-4-9(6)2;;/h6-7H,3-5,8H2,1-2H3;2*1H/t6-,7+;;/m1../s1. The van der Waals surface area contributed by atoms with Gasteiger partial charge in [0.1, 0.15) is 0 Å². The maximum absolute atomic E-state index is 5.76. The van der Waals surface area contributed by atoms with Crippen molar-refractivity contribution >= 4 is 24.8 Å². The summed E-state index contributed by atoms with van der Waals surface area (Å²) in [6.07, 6.45) is 2.33. The summed E-state index contributed by atoms with van der Waals surface area (Å²) < 4.78 is 0. The van der Waals surface area contributed by atoms with Crippen molar-refractivity contribution in [1.82, 2.24) is 4.90 Å². The summed E-state index contributed by atoms with van der Waals surface area (Å²) in [4.78, 5) is 2.36. The molecule has 0 saturated carbocycles. The van der Waals surface area contributed by atoms with Crippen LogP contribution < -0.4 is 5.73 Å². The molecule has 2 atom stereocenters. The Morgan fingerprint density at radius 2 is 1.91 bits per heavy atom. The maximum Gasteiger partial charge on any atom is 0.00786 e. The van der Waals surface area contributed by atoms with E-state index in [1.54, 1.807) is 0 Å². The van der Waals surface area contributed by atoms with E-state index < -0.39 is 0 Å². The van der Waals surface area contributed by atoms with Crippen molar-refractivity contribution in [3.63, 3.8) is 0 Å². The van der Waals surface area contributed by atoms with E-state index >= 15 is 0 Å². The fraction of sp³-hybridized carbons (Fsp3) is 1.00. The van der Waals surface area contributed by atoms with Crippen LogP contribution in [0, 0.1) is 0 Å². The average molecular weight is 201 g/mol. The van der Waals surface area contributed by atoms with Crippen LogP contribution in [0.25, 0.3) is 0 Å². The minimum absolute atomic E-state index is 0. The summed E-state index contributed by atoms with van der Waals surface area (Å²) in [5.74, 6) is 0. The van der Waals surface area contributed by atoms with Gasteiger partial charge in [-0.15, -0.1) is 24.8 Å². The number of nitrogens with two attached hydrogens (primary N) is 1. The van der Waals surface area contributed by atoms with Gasteiger partial charge in [-0.25, -0.2) is 0 Å². The molecule has 1 rings (SSSR count). The lowest BCUT2D eigenvalue weighted by Gasteiger charge is -2.33. The number of likely N-dealkylation sites (tertiary alicyclic amines) is 1. The number of hydrogen-bond donors (Lipinski definition) is 1. The number of hydrogen-bond acceptors (Lipinski definition) is 2. The highest BCUT2D eigenvalue weighted by Gasteiger charge is 2.18. The first-order chi connectivity index (χ1) is 4.20. The second-order valence-electron chi connectivity index (χ2n) is 3.11. The molecule has 1 fully saturated rings. The zero-order valence-electron chi connectivity index (χ0n) is 7.12. The van der Waals surface area contributed by atoms with Gasteiger partial charge in [-0.1, -0.05) is 0 Å². The monoisotopic (exact) mass is 200 g/mol. The normalized spacial score (nSPS) is 31.9. The van der Waals surface area contributed by atoms with Crippen molar-refractivity contribution in [3.05, 3.63) is 0 Å². The van der Waals surface area contributed by atoms with Gasteiger partial charge in [0.15, 0.2) is 0 Å². The molecule has 0 aliphatic carbocycles. The summed E-state index contributed by atoms with van der Waals surface area (Å²) in [6, 6.07) is 1.14. The highest BCUT2D eigenvalue weighted by atomic mass is 35.5. The number of nitrogens with zero attached hydrogens (tertiary/aromatic N) is 1. The third-order valence-corrected chi connectivity index (χ3v) is 2.25. The smallest absolute Gasteiger partial charge is 0.00786 e. The molecule has 0 radical (unpaired) electrons. The first-order valence-corrected chi connectivity index (χ1v) is 3.66. The maximum atomic E-state index is 5.76. The van der Waals surface area contributed by atoms with Gasteiger partial charge in [0.25, 0.3) is 0 Å². The van der Waals surface area contributed by atoms with Gasteiger partial charge < -0.3 is 10.6 Å². The Morgan fingerprint density at radius 3 is 2.27 bits per heavy atom. The van der Waals surface area contributed by atoms with Gasteiger partial charge in [-0.3, -0.25) is 0 Å². The van der Waals surface area contributed by atoms with Crippen molar-refractivity contribution in [2.24, 2.45) is 5.73 Å². The minimum Gasteiger partial charge on any atom is -0.328 e. The molecule has 0 spiro atoms. The van der Waals surface area contributed by atoms with Crippen LogP contribution >= 0.6 is 24.8 Å². The van der Waals surface area contributed by atoms with E-state index in [-0.39, 0.29) is 24.8 Å². The van der Waals surface area contributed by atoms with Gasteiger partial charge in [-0.05, 0) is 33.4 Å². The average Bonchev–Trinajstić information content (AvgIpc) is 1.80. The Labute approximate surface area is 81.3 Å². The zero-order chi connectivity index (χ0) is 6.85. The van der Waals surface area contributed by atoms with E-state index in [1.165, 1.54) is 13.0 Å². The molecule has 1 saturated heterocycles. The van der Waals surface area contributed by atoms with Crippen LogP contribution in [0.15, 0.2) is 0 Å². The van der Waals surface area contributed by atoms with E-state index in [0.717, 1.165) is 6.42 Å². The van der Waals surface area contributed by atoms with Gasteiger partial charge >= 0.3 is 0 Å². The molecule has 0 unspecified atom stereocenters. The summed E-state index contributed by atoms with van der Waals surface area (Å²) in [5.41, 5.74) is 5.76. The van der Waals surface area contributed by atoms with Crippen molar-refractivity contribution in [2.75, 3.05) is 13.6 Å². The Balaban J connectivity index is 0. The van der Waals surface area contributed by atoms with E-state index in [0.29, 0.717) is 12.1 Å². The molecule has 1 heterocycles. The van der Waals surface area contributed by atoms with E-state index in [1.807, 2.05) is 0 Å². The lowest BCUT2D eigenvalue weighted by atomic mass is 10.0. The molecule has 0 aromatic carbocycles. The molecule has 4 heteroatoms. The zero-order valence-corrected chi connectivity index (χ0v) is 8.75. The highest BCUT2D eigenvalue weighted by molar-refractivity contribution is 5.85. The van der Waals surface area contributed by atoms with Gasteiger partial charge in [0.2, 0.25) is 0 Å². The fourth-order valence-electron chi connectivity index (χ4n) is 1.33. The molecule has 1 aliphatic rings. The molecule has 0 bridgehead atoms. The van der Waals surface area contributed by atoms with Crippen LogP contribution in [-0.2, 0) is 0 Å². The van der Waals surface area contributed by atoms with Gasteiger partial charge in [-0.2, -0.15) is 0 Å². The Hall–Kier alpha value is 0.500. The molecule has 1 aliphatic heterocycles. The lowest BCUT2D eigenvalue weighted by molar-refractivity contribution is 0.184. The topological polar surface area (TPSA) is 29.3 Å². The summed E-state index contributed by atoms with van der Waals surface area (Å²) >= 11 is 0. The third kappa shape index (κ3) is 4.16. The van der Waals surface area contributed by atoms with Crippen LogP contribution in [0.1, 0.15) is 19.8 Å². The van der Waals surface area contributed by atoms with Gasteiger partial charge in [0.05, 0.1) is 0 Å². The molecule has 2 N–H and O–H groups in total. The molecule has 2 nitrogen and oxygen atoms in total. The van der Waals surface area contributed by atoms with Crippen LogP contribution in [0.3, 0.4) is 0 Å². The predicted octanol–water partition coefficient (Wildman–Crippen LogP) is 1.27. The van der Waals surface area contributed by atoms with Crippen LogP contribution in [-0.4, -0.2) is 30.6 Å². The van der Waals surface area contributed by atoms with Crippen molar-refractivity contribution < 1.29 is 0 Å². The summed E-state index contributed by atoms with van der Waals surface area (Å²) in [6.45, 7) is 3.40. The number of rotatable bonds is 0. The molecular formula is C7H18Cl2N2. The summed E-state index contributed by atoms with van der Waals surface area (Å²) in [7, 11) is 2.16. The van der Waals surface area contributed by atoms with Crippen LogP contribution in [0.5, 0.6) is 0 Å². The Morgan fingerprint density at radius 1 is 1.36 bits per heavy atom. The van der Waals surface area contributed by atoms with Gasteiger partial charge in [0, 0.05) is 12.1 Å². The van der Waals surface area contributed by atoms with E-state index in [2.05, 4.69) is 18.9 Å². The third-order valence-electron chi connectivity index (χ3n) is 2.25. The second kappa shape index (κ2) is 6.06. The molecule has 0 aromatic rings. The van der Waals surface area contributed by atoms with E-state index in [4.69, 9.17) is 5.73 Å². The number of halogens is 2. The van der Waals surface area contributed by atoms with Crippen molar-refractivity contribution in [1.29, 1.82) is 0 Å². The molecule has 70 valence electrons. The Bertz CT molecular complexity index is 100. The fourth-order valence-corrected chi connectivity index (χ4v) is 1.33. The molecule has 0 amide bonds. The number of piperidine rings is 1. The van der Waals surface area contributed by atoms with E-state index in [9.17, 15) is 0 Å². The lowest BCUT2D eigenvalue weighted by Crippen LogP contribution is -2.43. The SMILES string of the molecule is C[C@@H]1C[C@@H](N)CCN1C.Cl.Cl. The quantitative estimate of drug-likeness (QED) is 0.639. The first-order valence-electron chi connectivity index (χ1n) is 3.66. The highest BCUT2D eigenvalue weighted by Crippen LogP contribution is 2.12. The molecule has 0 aromatic heterocycles. The summed E-state index contributed by atoms with van der Waals surface area (Å²) in [5, 5.41) is 0. The van der Waals surface area contributed by atoms with Crippen LogP contribution in [0.4, 0.5) is 0 Å². The second-order valence-corrected chi connectivity index (χ2v) is 3.11. The molecular weight excluding hydrogens is 183 g/mol. The van der Waals surface area contributed by atoms with Crippen molar-refractivity contribution in [3.8, 4) is 0 Å². The van der Waals surface area contributed by atoms with Crippen LogP contribution in [0.2, 0.25) is 0 Å². The molecule has 11 heavy (non-hydrogen) atoms. The minimum atomic E-state index is 0. The van der Waals surface area contributed by atoms with Crippen molar-refractivity contribution in [2.45, 2.75) is 31.8 Å².